The Morgan fingerprint density at radius 3 is 2.41 bits per heavy atom. The molecular formula is C22H16Cl2FN3O. The molecule has 0 unspecified atom stereocenters. The highest BCUT2D eigenvalue weighted by molar-refractivity contribution is 6.33. The number of rotatable bonds is 5. The Morgan fingerprint density at radius 2 is 1.69 bits per heavy atom. The Labute approximate surface area is 177 Å². The van der Waals surface area contributed by atoms with E-state index in [2.05, 4.69) is 15.5 Å². The summed E-state index contributed by atoms with van der Waals surface area (Å²) >= 11 is 12.6. The molecule has 4 rings (SSSR count). The summed E-state index contributed by atoms with van der Waals surface area (Å²) in [5, 5.41) is 12.7. The average molecular weight is 428 g/mol. The molecule has 1 heterocycles. The van der Waals surface area contributed by atoms with Gasteiger partial charge in [0.2, 0.25) is 11.8 Å². The second-order valence-corrected chi connectivity index (χ2v) is 7.35. The Morgan fingerprint density at radius 1 is 0.931 bits per heavy atom. The fraction of sp³-hybridized carbons (Fsp3) is 0.0909. The monoisotopic (exact) mass is 427 g/mol. The van der Waals surface area contributed by atoms with Crippen molar-refractivity contribution in [1.82, 2.24) is 10.2 Å². The molecule has 146 valence electrons. The molecule has 0 bridgehead atoms. The predicted molar refractivity (Wildman–Crippen MR) is 113 cm³/mol. The van der Waals surface area contributed by atoms with Crippen LogP contribution in [0, 0.1) is 12.7 Å². The van der Waals surface area contributed by atoms with E-state index in [0.717, 1.165) is 11.1 Å². The van der Waals surface area contributed by atoms with Crippen LogP contribution in [0.5, 0.6) is 0 Å². The zero-order valence-corrected chi connectivity index (χ0v) is 16.9. The Kier molecular flexibility index (Phi) is 5.51. The number of aromatic nitrogens is 2. The highest BCUT2D eigenvalue weighted by Crippen LogP contribution is 2.33. The number of hydrogen-bond donors (Lipinski definition) is 1. The highest BCUT2D eigenvalue weighted by atomic mass is 35.5. The van der Waals surface area contributed by atoms with E-state index in [-0.39, 0.29) is 5.82 Å². The number of halogens is 3. The fourth-order valence-electron chi connectivity index (χ4n) is 2.93. The number of nitrogens with one attached hydrogen (secondary N) is 1. The fourth-order valence-corrected chi connectivity index (χ4v) is 3.44. The molecule has 1 N–H and O–H groups in total. The molecule has 0 saturated heterocycles. The standard InChI is InChI=1S/C22H16Cl2FN3O/c1-13-6-11-19(18(24)12-13)26-20(14-7-9-15(25)10-8-14)22-28-27-21(29-22)16-4-2-3-5-17(16)23/h2-12,20,26H,1H3/t20-/m1/s1. The summed E-state index contributed by atoms with van der Waals surface area (Å²) in [6, 6.07) is 18.4. The van der Waals surface area contributed by atoms with Crippen molar-refractivity contribution >= 4 is 28.9 Å². The van der Waals surface area contributed by atoms with E-state index in [1.54, 1.807) is 24.3 Å². The van der Waals surface area contributed by atoms with Crippen LogP contribution in [0.25, 0.3) is 11.5 Å². The minimum Gasteiger partial charge on any atom is -0.418 e. The van der Waals surface area contributed by atoms with E-state index >= 15 is 0 Å². The van der Waals surface area contributed by atoms with Gasteiger partial charge < -0.3 is 9.73 Å². The number of nitrogens with zero attached hydrogens (tertiary/aromatic N) is 2. The van der Waals surface area contributed by atoms with Crippen LogP contribution in [0.15, 0.2) is 71.1 Å². The van der Waals surface area contributed by atoms with Gasteiger partial charge in [-0.15, -0.1) is 10.2 Å². The Hall–Kier alpha value is -2.89. The third-order valence-corrected chi connectivity index (χ3v) is 5.06. The van der Waals surface area contributed by atoms with E-state index in [0.29, 0.717) is 33.1 Å². The topological polar surface area (TPSA) is 51.0 Å². The minimum absolute atomic E-state index is 0.300. The van der Waals surface area contributed by atoms with Crippen molar-refractivity contribution < 1.29 is 8.81 Å². The van der Waals surface area contributed by atoms with Crippen LogP contribution in [0.1, 0.15) is 23.1 Å². The van der Waals surface area contributed by atoms with Crippen LogP contribution in [0.4, 0.5) is 10.1 Å². The van der Waals surface area contributed by atoms with E-state index in [1.165, 1.54) is 12.1 Å². The van der Waals surface area contributed by atoms with Gasteiger partial charge in [0.1, 0.15) is 11.9 Å². The van der Waals surface area contributed by atoms with E-state index in [1.807, 2.05) is 37.3 Å². The van der Waals surface area contributed by atoms with Gasteiger partial charge in [-0.25, -0.2) is 4.39 Å². The lowest BCUT2D eigenvalue weighted by molar-refractivity contribution is 0.494. The normalized spacial score (nSPS) is 12.0. The second-order valence-electron chi connectivity index (χ2n) is 6.54. The molecule has 3 aromatic carbocycles. The maximum Gasteiger partial charge on any atom is 0.249 e. The molecule has 1 aromatic heterocycles. The van der Waals surface area contributed by atoms with Gasteiger partial charge in [0.15, 0.2) is 0 Å². The molecule has 0 aliphatic carbocycles. The number of benzene rings is 3. The first-order valence-corrected chi connectivity index (χ1v) is 9.63. The van der Waals surface area contributed by atoms with Gasteiger partial charge in [-0.2, -0.15) is 0 Å². The van der Waals surface area contributed by atoms with Gasteiger partial charge in [0.25, 0.3) is 0 Å². The lowest BCUT2D eigenvalue weighted by Crippen LogP contribution is -2.13. The summed E-state index contributed by atoms with van der Waals surface area (Å²) in [6.45, 7) is 1.96. The van der Waals surface area contributed by atoms with Gasteiger partial charge >= 0.3 is 0 Å². The van der Waals surface area contributed by atoms with Crippen LogP contribution in [0.2, 0.25) is 10.0 Å². The molecular weight excluding hydrogens is 412 g/mol. The number of hydrogen-bond acceptors (Lipinski definition) is 4. The van der Waals surface area contributed by atoms with E-state index in [9.17, 15) is 4.39 Å². The van der Waals surface area contributed by atoms with Crippen molar-refractivity contribution in [3.63, 3.8) is 0 Å². The lowest BCUT2D eigenvalue weighted by Gasteiger charge is -2.18. The zero-order chi connectivity index (χ0) is 20.4. The van der Waals surface area contributed by atoms with Crippen molar-refractivity contribution in [2.24, 2.45) is 0 Å². The molecule has 0 amide bonds. The average Bonchev–Trinajstić information content (AvgIpc) is 3.18. The Bertz CT molecular complexity index is 1150. The summed E-state index contributed by atoms with van der Waals surface area (Å²) in [4.78, 5) is 0. The van der Waals surface area contributed by atoms with Gasteiger partial charge in [-0.3, -0.25) is 0 Å². The van der Waals surface area contributed by atoms with Crippen LogP contribution in [-0.2, 0) is 0 Å². The van der Waals surface area contributed by atoms with Crippen molar-refractivity contribution in [1.29, 1.82) is 0 Å². The highest BCUT2D eigenvalue weighted by Gasteiger charge is 2.23. The van der Waals surface area contributed by atoms with E-state index < -0.39 is 6.04 Å². The quantitative estimate of drug-likeness (QED) is 0.385. The van der Waals surface area contributed by atoms with Crippen LogP contribution < -0.4 is 5.32 Å². The summed E-state index contributed by atoms with van der Waals surface area (Å²) in [5.74, 6) is 0.279. The smallest absolute Gasteiger partial charge is 0.249 e. The molecule has 0 radical (unpaired) electrons. The number of anilines is 1. The van der Waals surface area contributed by atoms with Crippen molar-refractivity contribution in [2.75, 3.05) is 5.32 Å². The zero-order valence-electron chi connectivity index (χ0n) is 15.4. The van der Waals surface area contributed by atoms with Crippen molar-refractivity contribution in [3.8, 4) is 11.5 Å². The number of aryl methyl sites for hydroxylation is 1. The summed E-state index contributed by atoms with van der Waals surface area (Å²) in [6.07, 6.45) is 0. The third kappa shape index (κ3) is 4.26. The van der Waals surface area contributed by atoms with Gasteiger partial charge in [-0.1, -0.05) is 53.5 Å². The van der Waals surface area contributed by atoms with Crippen LogP contribution in [-0.4, -0.2) is 10.2 Å². The molecule has 1 atom stereocenters. The molecule has 29 heavy (non-hydrogen) atoms. The third-order valence-electron chi connectivity index (χ3n) is 4.42. The van der Waals surface area contributed by atoms with Crippen LogP contribution in [0.3, 0.4) is 0 Å². The maximum absolute atomic E-state index is 13.5. The maximum atomic E-state index is 13.5. The summed E-state index contributed by atoms with van der Waals surface area (Å²) in [5.41, 5.74) is 3.12. The Balaban J connectivity index is 1.74. The summed E-state index contributed by atoms with van der Waals surface area (Å²) in [7, 11) is 0. The molecule has 0 aliphatic rings. The molecule has 0 fully saturated rings. The van der Waals surface area contributed by atoms with E-state index in [4.69, 9.17) is 27.6 Å². The van der Waals surface area contributed by atoms with Gasteiger partial charge in [0, 0.05) is 0 Å². The largest absolute Gasteiger partial charge is 0.418 e. The molecule has 4 nitrogen and oxygen atoms in total. The van der Waals surface area contributed by atoms with Crippen LogP contribution >= 0.6 is 23.2 Å². The first-order valence-electron chi connectivity index (χ1n) is 8.88. The van der Waals surface area contributed by atoms with Gasteiger partial charge in [0.05, 0.1) is 21.3 Å². The predicted octanol–water partition coefficient (Wildman–Crippen LogP) is 6.69. The molecule has 0 aliphatic heterocycles. The second kappa shape index (κ2) is 8.23. The molecule has 0 spiro atoms. The lowest BCUT2D eigenvalue weighted by atomic mass is 10.1. The molecule has 4 aromatic rings. The first kappa shape index (κ1) is 19.4. The summed E-state index contributed by atoms with van der Waals surface area (Å²) < 4.78 is 19.4. The molecule has 7 heteroatoms. The minimum atomic E-state index is -0.528. The van der Waals surface area contributed by atoms with Crippen molar-refractivity contribution in [2.45, 2.75) is 13.0 Å². The molecule has 0 saturated carbocycles. The SMILES string of the molecule is Cc1ccc(N[C@H](c2ccc(F)cc2)c2nnc(-c3ccccc3Cl)o2)c(Cl)c1. The van der Waals surface area contributed by atoms with Gasteiger partial charge in [-0.05, 0) is 54.4 Å². The first-order chi connectivity index (χ1) is 14.0. The van der Waals surface area contributed by atoms with Crippen molar-refractivity contribution in [3.05, 3.63) is 99.6 Å².